The third-order valence-electron chi connectivity index (χ3n) is 4.13. The van der Waals surface area contributed by atoms with E-state index in [9.17, 15) is 0 Å². The summed E-state index contributed by atoms with van der Waals surface area (Å²) in [5.74, 6) is 0.627. The molecule has 1 aromatic heterocycles. The van der Waals surface area contributed by atoms with Gasteiger partial charge in [-0.15, -0.1) is 0 Å². The van der Waals surface area contributed by atoms with Crippen LogP contribution in [-0.2, 0) is 7.05 Å². The second kappa shape index (κ2) is 4.37. The van der Waals surface area contributed by atoms with Gasteiger partial charge in [0, 0.05) is 25.0 Å². The average molecular weight is 244 g/mol. The summed E-state index contributed by atoms with van der Waals surface area (Å²) in [7, 11) is 4.18. The maximum Gasteiger partial charge on any atom is 0.0682 e. The molecule has 18 heavy (non-hydrogen) atoms. The third-order valence-corrected chi connectivity index (χ3v) is 4.13. The normalized spacial score (nSPS) is 25.1. The molecule has 2 heterocycles. The van der Waals surface area contributed by atoms with E-state index in [2.05, 4.69) is 35.2 Å². The number of hydrogen-bond acceptors (Lipinski definition) is 3. The number of fused-ring (bicyclic) bond motifs is 1. The van der Waals surface area contributed by atoms with Crippen LogP contribution in [0.2, 0.25) is 0 Å². The summed E-state index contributed by atoms with van der Waals surface area (Å²) in [6, 6.07) is 7.16. The highest BCUT2D eigenvalue weighted by molar-refractivity contribution is 5.79. The molecular weight excluding hydrogens is 224 g/mol. The lowest BCUT2D eigenvalue weighted by Gasteiger charge is -2.19. The van der Waals surface area contributed by atoms with E-state index in [1.54, 1.807) is 0 Å². The number of aromatic nitrogens is 2. The van der Waals surface area contributed by atoms with Gasteiger partial charge in [0.1, 0.15) is 0 Å². The molecule has 1 aliphatic rings. The lowest BCUT2D eigenvalue weighted by atomic mass is 9.99. The summed E-state index contributed by atoms with van der Waals surface area (Å²) in [5, 5.41) is 5.50. The molecule has 1 fully saturated rings. The first kappa shape index (κ1) is 11.7. The molecule has 0 bridgehead atoms. The first-order valence-electron chi connectivity index (χ1n) is 6.51. The van der Waals surface area contributed by atoms with Gasteiger partial charge in [0.2, 0.25) is 0 Å². The summed E-state index contributed by atoms with van der Waals surface area (Å²) in [4.78, 5) is 2.41. The Morgan fingerprint density at radius 3 is 2.94 bits per heavy atom. The molecule has 0 saturated carbocycles. The lowest BCUT2D eigenvalue weighted by Crippen LogP contribution is -2.20. The van der Waals surface area contributed by atoms with Crippen LogP contribution < -0.4 is 5.73 Å². The van der Waals surface area contributed by atoms with Crippen molar-refractivity contribution in [1.82, 2.24) is 14.7 Å². The van der Waals surface area contributed by atoms with Crippen LogP contribution in [0.3, 0.4) is 0 Å². The molecule has 0 aliphatic carbocycles. The van der Waals surface area contributed by atoms with E-state index in [0.717, 1.165) is 19.5 Å². The van der Waals surface area contributed by atoms with Gasteiger partial charge in [-0.05, 0) is 37.6 Å². The summed E-state index contributed by atoms with van der Waals surface area (Å²) in [5.41, 5.74) is 8.38. The standard InChI is InChI=1S/C14H20N4/c1-17-9-10(7-15)5-13(17)11-3-4-12-8-16-18(2)14(12)6-11/h3-4,6,8,10,13H,5,7,9,15H2,1-2H3. The number of benzene rings is 1. The highest BCUT2D eigenvalue weighted by atomic mass is 15.2. The van der Waals surface area contributed by atoms with E-state index in [1.165, 1.54) is 16.5 Å². The van der Waals surface area contributed by atoms with Crippen LogP contribution in [0.1, 0.15) is 18.0 Å². The monoisotopic (exact) mass is 244 g/mol. The molecule has 96 valence electrons. The van der Waals surface area contributed by atoms with E-state index in [1.807, 2.05) is 17.9 Å². The van der Waals surface area contributed by atoms with Gasteiger partial charge < -0.3 is 5.73 Å². The van der Waals surface area contributed by atoms with Crippen LogP contribution >= 0.6 is 0 Å². The summed E-state index contributed by atoms with van der Waals surface area (Å²) < 4.78 is 1.94. The highest BCUT2D eigenvalue weighted by Gasteiger charge is 2.29. The predicted octanol–water partition coefficient (Wildman–Crippen LogP) is 1.52. The first-order chi connectivity index (χ1) is 8.69. The zero-order valence-corrected chi connectivity index (χ0v) is 11.0. The van der Waals surface area contributed by atoms with E-state index in [4.69, 9.17) is 5.73 Å². The molecule has 1 aliphatic heterocycles. The molecule has 0 amide bonds. The van der Waals surface area contributed by atoms with Crippen LogP contribution in [0, 0.1) is 5.92 Å². The van der Waals surface area contributed by atoms with Gasteiger partial charge in [-0.2, -0.15) is 5.10 Å². The van der Waals surface area contributed by atoms with Crippen molar-refractivity contribution in [2.45, 2.75) is 12.5 Å². The zero-order valence-electron chi connectivity index (χ0n) is 11.0. The minimum absolute atomic E-state index is 0.498. The third kappa shape index (κ3) is 1.82. The molecule has 4 nitrogen and oxygen atoms in total. The molecule has 0 spiro atoms. The number of hydrogen-bond donors (Lipinski definition) is 1. The Balaban J connectivity index is 1.96. The van der Waals surface area contributed by atoms with Gasteiger partial charge in [-0.3, -0.25) is 9.58 Å². The Morgan fingerprint density at radius 2 is 2.22 bits per heavy atom. The van der Waals surface area contributed by atoms with E-state index < -0.39 is 0 Å². The quantitative estimate of drug-likeness (QED) is 0.871. The molecule has 2 N–H and O–H groups in total. The largest absolute Gasteiger partial charge is 0.330 e. The smallest absolute Gasteiger partial charge is 0.0682 e. The second-order valence-electron chi connectivity index (χ2n) is 5.38. The van der Waals surface area contributed by atoms with E-state index >= 15 is 0 Å². The van der Waals surface area contributed by atoms with Crippen LogP contribution in [0.15, 0.2) is 24.4 Å². The summed E-state index contributed by atoms with van der Waals surface area (Å²) in [6.45, 7) is 1.89. The highest BCUT2D eigenvalue weighted by Crippen LogP contribution is 2.34. The Morgan fingerprint density at radius 1 is 1.39 bits per heavy atom. The van der Waals surface area contributed by atoms with Gasteiger partial charge >= 0.3 is 0 Å². The first-order valence-corrected chi connectivity index (χ1v) is 6.51. The molecule has 2 unspecified atom stereocenters. The van der Waals surface area contributed by atoms with Crippen molar-refractivity contribution in [3.8, 4) is 0 Å². The number of nitrogens with two attached hydrogens (primary N) is 1. The van der Waals surface area contributed by atoms with Crippen molar-refractivity contribution >= 4 is 10.9 Å². The van der Waals surface area contributed by atoms with E-state index in [0.29, 0.717) is 12.0 Å². The minimum atomic E-state index is 0.498. The van der Waals surface area contributed by atoms with Gasteiger partial charge in [0.25, 0.3) is 0 Å². The molecule has 2 aromatic rings. The predicted molar refractivity (Wildman–Crippen MR) is 73.2 cm³/mol. The Labute approximate surface area is 107 Å². The van der Waals surface area contributed by atoms with Crippen molar-refractivity contribution in [3.05, 3.63) is 30.0 Å². The number of nitrogens with zero attached hydrogens (tertiary/aromatic N) is 3. The van der Waals surface area contributed by atoms with Crippen molar-refractivity contribution in [1.29, 1.82) is 0 Å². The molecule has 2 atom stereocenters. The maximum absolute atomic E-state index is 5.79. The van der Waals surface area contributed by atoms with Gasteiger partial charge in [0.15, 0.2) is 0 Å². The zero-order chi connectivity index (χ0) is 12.7. The van der Waals surface area contributed by atoms with Crippen molar-refractivity contribution in [2.75, 3.05) is 20.1 Å². The summed E-state index contributed by atoms with van der Waals surface area (Å²) >= 11 is 0. The maximum atomic E-state index is 5.79. The lowest BCUT2D eigenvalue weighted by molar-refractivity contribution is 0.314. The summed E-state index contributed by atoms with van der Waals surface area (Å²) in [6.07, 6.45) is 3.08. The number of likely N-dealkylation sites (tertiary alicyclic amines) is 1. The second-order valence-corrected chi connectivity index (χ2v) is 5.38. The van der Waals surface area contributed by atoms with Crippen molar-refractivity contribution < 1.29 is 0 Å². The van der Waals surface area contributed by atoms with Crippen LogP contribution in [0.25, 0.3) is 10.9 Å². The average Bonchev–Trinajstić information content (AvgIpc) is 2.93. The number of rotatable bonds is 2. The molecule has 3 rings (SSSR count). The fraction of sp³-hybridized carbons (Fsp3) is 0.500. The molecule has 0 radical (unpaired) electrons. The van der Waals surface area contributed by atoms with Crippen LogP contribution in [-0.4, -0.2) is 34.8 Å². The van der Waals surface area contributed by atoms with Crippen molar-refractivity contribution in [3.63, 3.8) is 0 Å². The molecule has 4 heteroatoms. The SMILES string of the molecule is CN1CC(CN)CC1c1ccc2cnn(C)c2c1. The van der Waals surface area contributed by atoms with Gasteiger partial charge in [-0.1, -0.05) is 12.1 Å². The fourth-order valence-corrected chi connectivity index (χ4v) is 3.03. The molecule has 1 saturated heterocycles. The van der Waals surface area contributed by atoms with Crippen LogP contribution in [0.4, 0.5) is 0 Å². The Bertz CT molecular complexity index is 560. The Hall–Kier alpha value is -1.39. The van der Waals surface area contributed by atoms with Gasteiger partial charge in [-0.25, -0.2) is 0 Å². The van der Waals surface area contributed by atoms with E-state index in [-0.39, 0.29) is 0 Å². The Kier molecular flexibility index (Phi) is 2.84. The fourth-order valence-electron chi connectivity index (χ4n) is 3.03. The van der Waals surface area contributed by atoms with Crippen molar-refractivity contribution in [2.24, 2.45) is 18.7 Å². The molecular formula is C14H20N4. The molecule has 1 aromatic carbocycles. The minimum Gasteiger partial charge on any atom is -0.330 e. The number of aryl methyl sites for hydroxylation is 1. The van der Waals surface area contributed by atoms with Crippen LogP contribution in [0.5, 0.6) is 0 Å². The van der Waals surface area contributed by atoms with Gasteiger partial charge in [0.05, 0.1) is 11.7 Å². The topological polar surface area (TPSA) is 47.1 Å².